The normalized spacial score (nSPS) is 11.8. The number of allylic oxidation sites excluding steroid dienone is 4. The Labute approximate surface area is 86.6 Å². The molecule has 0 aromatic heterocycles. The van der Waals surface area contributed by atoms with Crippen molar-refractivity contribution in [1.82, 2.24) is 0 Å². The zero-order valence-corrected chi connectivity index (χ0v) is 9.81. The Hall–Kier alpha value is -1.05. The fourth-order valence-electron chi connectivity index (χ4n) is 1.06. The maximum atomic E-state index is 10.7. The van der Waals surface area contributed by atoms with Gasteiger partial charge in [-0.2, -0.15) is 0 Å². The number of hydrogen-bond donors (Lipinski definition) is 0. The lowest BCUT2D eigenvalue weighted by Gasteiger charge is -2.05. The van der Waals surface area contributed by atoms with Gasteiger partial charge in [0.2, 0.25) is 0 Å². The molecule has 0 unspecified atom stereocenters. The molecule has 0 aliphatic carbocycles. The molecular formula is C12H20O2. The summed E-state index contributed by atoms with van der Waals surface area (Å²) in [4.78, 5) is 10.7. The predicted molar refractivity (Wildman–Crippen MR) is 58.8 cm³/mol. The van der Waals surface area contributed by atoms with Crippen molar-refractivity contribution in [3.05, 3.63) is 23.0 Å². The third-order valence-corrected chi connectivity index (χ3v) is 1.97. The highest BCUT2D eigenvalue weighted by Crippen LogP contribution is 2.12. The van der Waals surface area contributed by atoms with Crippen LogP contribution in [0.15, 0.2) is 23.0 Å². The summed E-state index contributed by atoms with van der Waals surface area (Å²) >= 11 is 0. The van der Waals surface area contributed by atoms with Crippen LogP contribution in [0.2, 0.25) is 0 Å². The standard InChI is InChI=1S/C12H20O2/c1-9(2)7-6-8-10(3)11(4)14-12(5)13/h7H,6,8H2,1-5H3. The first-order valence-electron chi connectivity index (χ1n) is 4.91. The van der Waals surface area contributed by atoms with Crippen molar-refractivity contribution >= 4 is 5.97 Å². The molecule has 0 bridgehead atoms. The number of ether oxygens (including phenoxy) is 1. The molecule has 0 aliphatic heterocycles. The Morgan fingerprint density at radius 1 is 1.14 bits per heavy atom. The number of hydrogen-bond acceptors (Lipinski definition) is 2. The van der Waals surface area contributed by atoms with E-state index in [1.54, 1.807) is 0 Å². The molecule has 0 atom stereocenters. The summed E-state index contributed by atoms with van der Waals surface area (Å²) in [7, 11) is 0. The highest BCUT2D eigenvalue weighted by atomic mass is 16.5. The molecule has 80 valence electrons. The molecule has 2 nitrogen and oxygen atoms in total. The van der Waals surface area contributed by atoms with Gasteiger partial charge in [0.15, 0.2) is 0 Å². The van der Waals surface area contributed by atoms with Crippen LogP contribution in [0.4, 0.5) is 0 Å². The van der Waals surface area contributed by atoms with E-state index in [0.29, 0.717) is 0 Å². The molecular weight excluding hydrogens is 176 g/mol. The highest BCUT2D eigenvalue weighted by molar-refractivity contribution is 5.67. The van der Waals surface area contributed by atoms with Crippen LogP contribution in [-0.2, 0) is 9.53 Å². The summed E-state index contributed by atoms with van der Waals surface area (Å²) in [6, 6.07) is 0. The first-order valence-corrected chi connectivity index (χ1v) is 4.91. The second-order valence-electron chi connectivity index (χ2n) is 3.75. The quantitative estimate of drug-likeness (QED) is 0.390. The summed E-state index contributed by atoms with van der Waals surface area (Å²) < 4.78 is 4.99. The Kier molecular flexibility index (Phi) is 5.93. The molecule has 0 aromatic rings. The molecule has 0 saturated heterocycles. The first kappa shape index (κ1) is 12.9. The molecule has 0 aliphatic rings. The SMILES string of the molecule is CC(=O)OC(C)=C(C)CCC=C(C)C. The van der Waals surface area contributed by atoms with Gasteiger partial charge < -0.3 is 4.74 Å². The Morgan fingerprint density at radius 3 is 2.14 bits per heavy atom. The van der Waals surface area contributed by atoms with Gasteiger partial charge in [0.1, 0.15) is 5.76 Å². The van der Waals surface area contributed by atoms with Crippen LogP contribution >= 0.6 is 0 Å². The molecule has 0 aromatic carbocycles. The molecule has 0 amide bonds. The lowest BCUT2D eigenvalue weighted by molar-refractivity contribution is -0.136. The topological polar surface area (TPSA) is 26.3 Å². The van der Waals surface area contributed by atoms with Gasteiger partial charge in [-0.25, -0.2) is 0 Å². The van der Waals surface area contributed by atoms with Crippen molar-refractivity contribution in [1.29, 1.82) is 0 Å². The number of rotatable bonds is 4. The maximum absolute atomic E-state index is 10.7. The van der Waals surface area contributed by atoms with Crippen molar-refractivity contribution < 1.29 is 9.53 Å². The smallest absolute Gasteiger partial charge is 0.307 e. The minimum atomic E-state index is -0.246. The van der Waals surface area contributed by atoms with E-state index >= 15 is 0 Å². The zero-order valence-electron chi connectivity index (χ0n) is 9.81. The molecule has 14 heavy (non-hydrogen) atoms. The van der Waals surface area contributed by atoms with Gasteiger partial charge >= 0.3 is 5.97 Å². The minimum Gasteiger partial charge on any atom is -0.432 e. The summed E-state index contributed by atoms with van der Waals surface area (Å²) in [6.07, 6.45) is 4.14. The lowest BCUT2D eigenvalue weighted by Crippen LogP contribution is -1.98. The Balaban J connectivity index is 4.10. The summed E-state index contributed by atoms with van der Waals surface area (Å²) in [5.74, 6) is 0.490. The van der Waals surface area contributed by atoms with Crippen LogP contribution in [0, 0.1) is 0 Å². The van der Waals surface area contributed by atoms with Crippen LogP contribution in [0.3, 0.4) is 0 Å². The minimum absolute atomic E-state index is 0.246. The second kappa shape index (κ2) is 6.41. The Morgan fingerprint density at radius 2 is 1.71 bits per heavy atom. The molecule has 0 heterocycles. The van der Waals surface area contributed by atoms with Gasteiger partial charge in [-0.1, -0.05) is 11.6 Å². The second-order valence-corrected chi connectivity index (χ2v) is 3.75. The van der Waals surface area contributed by atoms with E-state index in [0.717, 1.165) is 24.2 Å². The molecule has 0 fully saturated rings. The first-order chi connectivity index (χ1) is 6.43. The zero-order chi connectivity index (χ0) is 11.1. The highest BCUT2D eigenvalue weighted by Gasteiger charge is 2.00. The van der Waals surface area contributed by atoms with E-state index < -0.39 is 0 Å². The molecule has 2 heteroatoms. The predicted octanol–water partition coefficient (Wildman–Crippen LogP) is 3.59. The van der Waals surface area contributed by atoms with E-state index in [4.69, 9.17) is 4.74 Å². The van der Waals surface area contributed by atoms with Gasteiger partial charge in [0, 0.05) is 6.92 Å². The molecule has 0 radical (unpaired) electrons. The summed E-state index contributed by atoms with van der Waals surface area (Å²) in [5, 5.41) is 0. The van der Waals surface area contributed by atoms with Gasteiger partial charge in [-0.3, -0.25) is 4.79 Å². The number of esters is 1. The fraction of sp³-hybridized carbons (Fsp3) is 0.583. The van der Waals surface area contributed by atoms with Crippen LogP contribution in [-0.4, -0.2) is 5.97 Å². The maximum Gasteiger partial charge on any atom is 0.307 e. The molecule has 0 saturated carbocycles. The van der Waals surface area contributed by atoms with E-state index in [2.05, 4.69) is 19.9 Å². The van der Waals surface area contributed by atoms with Gasteiger partial charge in [-0.15, -0.1) is 0 Å². The van der Waals surface area contributed by atoms with Crippen LogP contribution < -0.4 is 0 Å². The van der Waals surface area contributed by atoms with E-state index in [1.807, 2.05) is 13.8 Å². The van der Waals surface area contributed by atoms with E-state index in [1.165, 1.54) is 12.5 Å². The fourth-order valence-corrected chi connectivity index (χ4v) is 1.06. The van der Waals surface area contributed by atoms with Crippen molar-refractivity contribution in [2.75, 3.05) is 0 Å². The van der Waals surface area contributed by atoms with Crippen LogP contribution in [0.5, 0.6) is 0 Å². The lowest BCUT2D eigenvalue weighted by atomic mass is 10.1. The largest absolute Gasteiger partial charge is 0.432 e. The molecule has 0 rings (SSSR count). The van der Waals surface area contributed by atoms with Gasteiger partial charge in [0.05, 0.1) is 0 Å². The van der Waals surface area contributed by atoms with Crippen molar-refractivity contribution in [3.63, 3.8) is 0 Å². The Bertz CT molecular complexity index is 255. The monoisotopic (exact) mass is 196 g/mol. The van der Waals surface area contributed by atoms with E-state index in [-0.39, 0.29) is 5.97 Å². The molecule has 0 N–H and O–H groups in total. The van der Waals surface area contributed by atoms with E-state index in [9.17, 15) is 4.79 Å². The average Bonchev–Trinajstić information content (AvgIpc) is 2.01. The number of carbonyl (C=O) groups is 1. The molecule has 0 spiro atoms. The third kappa shape index (κ3) is 6.46. The van der Waals surface area contributed by atoms with Crippen LogP contribution in [0.1, 0.15) is 47.5 Å². The summed E-state index contributed by atoms with van der Waals surface area (Å²) in [6.45, 7) is 9.42. The summed E-state index contributed by atoms with van der Waals surface area (Å²) in [5.41, 5.74) is 2.46. The van der Waals surface area contributed by atoms with Gasteiger partial charge in [0.25, 0.3) is 0 Å². The van der Waals surface area contributed by atoms with Gasteiger partial charge in [-0.05, 0) is 46.1 Å². The number of carbonyl (C=O) groups excluding carboxylic acids is 1. The van der Waals surface area contributed by atoms with Crippen molar-refractivity contribution in [2.45, 2.75) is 47.5 Å². The van der Waals surface area contributed by atoms with Crippen LogP contribution in [0.25, 0.3) is 0 Å². The van der Waals surface area contributed by atoms with Crippen molar-refractivity contribution in [3.8, 4) is 0 Å². The van der Waals surface area contributed by atoms with Crippen molar-refractivity contribution in [2.24, 2.45) is 0 Å². The average molecular weight is 196 g/mol. The third-order valence-electron chi connectivity index (χ3n) is 1.97.